The van der Waals surface area contributed by atoms with Gasteiger partial charge in [-0.15, -0.1) is 11.3 Å². The van der Waals surface area contributed by atoms with Crippen molar-refractivity contribution in [2.45, 2.75) is 13.0 Å². The molecule has 1 aromatic carbocycles. The number of carbonyl (C=O) groups is 1. The van der Waals surface area contributed by atoms with Gasteiger partial charge in [-0.05, 0) is 12.1 Å². The molecule has 3 nitrogen and oxygen atoms in total. The summed E-state index contributed by atoms with van der Waals surface area (Å²) in [6.45, 7) is -1.17. The first-order valence-electron chi connectivity index (χ1n) is 5.29. The van der Waals surface area contributed by atoms with Crippen LogP contribution in [0.5, 0.6) is 0 Å². The van der Waals surface area contributed by atoms with E-state index in [9.17, 15) is 18.0 Å². The molecule has 0 saturated heterocycles. The summed E-state index contributed by atoms with van der Waals surface area (Å²) >= 11 is 0.898. The Morgan fingerprint density at radius 1 is 1.42 bits per heavy atom. The van der Waals surface area contributed by atoms with E-state index in [1.807, 2.05) is 0 Å². The van der Waals surface area contributed by atoms with Crippen molar-refractivity contribution in [1.82, 2.24) is 0 Å². The second-order valence-electron chi connectivity index (χ2n) is 3.73. The number of benzene rings is 1. The number of carboxylic acids is 1. The van der Waals surface area contributed by atoms with Gasteiger partial charge in [-0.3, -0.25) is 0 Å². The average molecular weight is 290 g/mol. The smallest absolute Gasteiger partial charge is 0.346 e. The molecular weight excluding hydrogens is 281 g/mol. The summed E-state index contributed by atoms with van der Waals surface area (Å²) in [4.78, 5) is 11.0. The Balaban J connectivity index is 2.43. The Kier molecular flexibility index (Phi) is 4.06. The Hall–Kier alpha value is -1.60. The van der Waals surface area contributed by atoms with Crippen molar-refractivity contribution in [2.24, 2.45) is 0 Å². The van der Waals surface area contributed by atoms with Crippen LogP contribution in [0.4, 0.5) is 13.2 Å². The van der Waals surface area contributed by atoms with Gasteiger partial charge in [0.25, 0.3) is 6.43 Å². The van der Waals surface area contributed by atoms with Crippen LogP contribution in [-0.2, 0) is 11.3 Å². The lowest BCUT2D eigenvalue weighted by atomic mass is 10.1. The van der Waals surface area contributed by atoms with Gasteiger partial charge in [0.2, 0.25) is 0 Å². The highest BCUT2D eigenvalue weighted by molar-refractivity contribution is 7.21. The molecule has 0 spiro atoms. The Bertz CT molecular complexity index is 610. The standard InChI is InChI=1S/C12H9F3O3S/c13-7-2-1-3-8-10(7)6(4-18-5-9(14)15)11(19-8)12(16)17/h1-3,9H,4-5H2,(H,16,17). The highest BCUT2D eigenvalue weighted by Gasteiger charge is 2.20. The predicted molar refractivity (Wildman–Crippen MR) is 64.4 cm³/mol. The fourth-order valence-electron chi connectivity index (χ4n) is 1.73. The molecule has 102 valence electrons. The highest BCUT2D eigenvalue weighted by Crippen LogP contribution is 2.33. The van der Waals surface area contributed by atoms with E-state index in [1.165, 1.54) is 12.1 Å². The third-order valence-corrected chi connectivity index (χ3v) is 3.63. The van der Waals surface area contributed by atoms with Gasteiger partial charge < -0.3 is 9.84 Å². The van der Waals surface area contributed by atoms with E-state index in [0.717, 1.165) is 11.3 Å². The molecule has 0 fully saturated rings. The summed E-state index contributed by atoms with van der Waals surface area (Å²) in [7, 11) is 0. The Morgan fingerprint density at radius 3 is 2.79 bits per heavy atom. The molecule has 0 unspecified atom stereocenters. The van der Waals surface area contributed by atoms with E-state index in [0.29, 0.717) is 4.70 Å². The van der Waals surface area contributed by atoms with Crippen molar-refractivity contribution in [1.29, 1.82) is 0 Å². The van der Waals surface area contributed by atoms with Gasteiger partial charge in [-0.2, -0.15) is 0 Å². The molecule has 1 aromatic heterocycles. The van der Waals surface area contributed by atoms with E-state index < -0.39 is 24.8 Å². The van der Waals surface area contributed by atoms with Crippen LogP contribution in [0.1, 0.15) is 15.2 Å². The van der Waals surface area contributed by atoms with E-state index in [2.05, 4.69) is 0 Å². The topological polar surface area (TPSA) is 46.5 Å². The third kappa shape index (κ3) is 2.87. The van der Waals surface area contributed by atoms with Crippen LogP contribution in [0.15, 0.2) is 18.2 Å². The second kappa shape index (κ2) is 5.58. The lowest BCUT2D eigenvalue weighted by Gasteiger charge is -2.04. The number of hydrogen-bond acceptors (Lipinski definition) is 3. The van der Waals surface area contributed by atoms with Crippen LogP contribution in [0.3, 0.4) is 0 Å². The number of carboxylic acid groups (broad SMARTS) is 1. The largest absolute Gasteiger partial charge is 0.477 e. The molecule has 19 heavy (non-hydrogen) atoms. The van der Waals surface area contributed by atoms with E-state index in [4.69, 9.17) is 9.84 Å². The minimum Gasteiger partial charge on any atom is -0.477 e. The maximum atomic E-state index is 13.7. The SMILES string of the molecule is O=C(O)c1sc2cccc(F)c2c1COCC(F)F. The minimum atomic E-state index is -2.65. The lowest BCUT2D eigenvalue weighted by molar-refractivity contribution is 0.0100. The summed E-state index contributed by atoms with van der Waals surface area (Å²) in [6, 6.07) is 4.23. The zero-order valence-corrected chi connectivity index (χ0v) is 10.3. The van der Waals surface area contributed by atoms with Gasteiger partial charge in [-0.1, -0.05) is 6.07 Å². The first-order chi connectivity index (χ1) is 9.00. The van der Waals surface area contributed by atoms with Crippen LogP contribution in [-0.4, -0.2) is 24.1 Å². The number of halogens is 3. The molecular formula is C12H9F3O3S. The first-order valence-corrected chi connectivity index (χ1v) is 6.11. The number of fused-ring (bicyclic) bond motifs is 1. The molecule has 0 amide bonds. The summed E-state index contributed by atoms with van der Waals surface area (Å²) < 4.78 is 42.9. The van der Waals surface area contributed by atoms with Gasteiger partial charge in [0.15, 0.2) is 0 Å². The molecule has 0 atom stereocenters. The molecule has 1 heterocycles. The quantitative estimate of drug-likeness (QED) is 0.916. The number of ether oxygens (including phenoxy) is 1. The molecule has 0 aliphatic carbocycles. The maximum Gasteiger partial charge on any atom is 0.346 e. The maximum absolute atomic E-state index is 13.7. The molecule has 0 saturated carbocycles. The number of thiophene rings is 1. The van der Waals surface area contributed by atoms with Gasteiger partial charge >= 0.3 is 5.97 Å². The van der Waals surface area contributed by atoms with Crippen LogP contribution >= 0.6 is 11.3 Å². The van der Waals surface area contributed by atoms with Crippen molar-refractivity contribution in [2.75, 3.05) is 6.61 Å². The monoisotopic (exact) mass is 290 g/mol. The fraction of sp³-hybridized carbons (Fsp3) is 0.250. The van der Waals surface area contributed by atoms with Crippen molar-refractivity contribution < 1.29 is 27.8 Å². The Labute approximate surface area is 110 Å². The first kappa shape index (κ1) is 13.8. The van der Waals surface area contributed by atoms with E-state index in [-0.39, 0.29) is 22.4 Å². The van der Waals surface area contributed by atoms with Crippen LogP contribution in [0.25, 0.3) is 10.1 Å². The van der Waals surface area contributed by atoms with Gasteiger partial charge in [-0.25, -0.2) is 18.0 Å². The van der Waals surface area contributed by atoms with Crippen LogP contribution in [0.2, 0.25) is 0 Å². The molecule has 1 N–H and O–H groups in total. The fourth-order valence-corrected chi connectivity index (χ4v) is 2.79. The number of hydrogen-bond donors (Lipinski definition) is 1. The normalized spacial score (nSPS) is 11.4. The number of alkyl halides is 2. The lowest BCUT2D eigenvalue weighted by Crippen LogP contribution is -2.06. The van der Waals surface area contributed by atoms with Crippen molar-refractivity contribution in [3.05, 3.63) is 34.5 Å². The molecule has 0 aliphatic heterocycles. The van der Waals surface area contributed by atoms with Gasteiger partial charge in [0.1, 0.15) is 17.3 Å². The molecule has 2 rings (SSSR count). The minimum absolute atomic E-state index is 0.0885. The van der Waals surface area contributed by atoms with Crippen LogP contribution in [0, 0.1) is 5.82 Å². The van der Waals surface area contributed by atoms with Gasteiger partial charge in [0, 0.05) is 15.6 Å². The summed E-state index contributed by atoms with van der Waals surface area (Å²) in [5.41, 5.74) is 0.103. The average Bonchev–Trinajstić information content (AvgIpc) is 2.69. The second-order valence-corrected chi connectivity index (χ2v) is 4.79. The van der Waals surface area contributed by atoms with Crippen molar-refractivity contribution in [3.8, 4) is 0 Å². The number of aromatic carboxylic acids is 1. The zero-order valence-electron chi connectivity index (χ0n) is 9.53. The predicted octanol–water partition coefficient (Wildman–Crippen LogP) is 3.52. The van der Waals surface area contributed by atoms with Crippen molar-refractivity contribution in [3.63, 3.8) is 0 Å². The molecule has 0 radical (unpaired) electrons. The zero-order chi connectivity index (χ0) is 14.0. The summed E-state index contributed by atoms with van der Waals surface area (Å²) in [5, 5.41) is 9.17. The van der Waals surface area contributed by atoms with Crippen molar-refractivity contribution >= 4 is 27.4 Å². The third-order valence-electron chi connectivity index (χ3n) is 2.45. The highest BCUT2D eigenvalue weighted by atomic mass is 32.1. The summed E-state index contributed by atoms with van der Waals surface area (Å²) in [5.74, 6) is -1.81. The number of rotatable bonds is 5. The van der Waals surface area contributed by atoms with E-state index in [1.54, 1.807) is 6.07 Å². The molecule has 0 bridgehead atoms. The Morgan fingerprint density at radius 2 is 2.16 bits per heavy atom. The van der Waals surface area contributed by atoms with Gasteiger partial charge in [0.05, 0.1) is 6.61 Å². The van der Waals surface area contributed by atoms with Crippen LogP contribution < -0.4 is 0 Å². The molecule has 7 heteroatoms. The molecule has 2 aromatic rings. The summed E-state index contributed by atoms with van der Waals surface area (Å²) in [6.07, 6.45) is -2.65. The molecule has 0 aliphatic rings. The van der Waals surface area contributed by atoms with E-state index >= 15 is 0 Å².